The van der Waals surface area contributed by atoms with Crippen LogP contribution < -0.4 is 15.5 Å². The van der Waals surface area contributed by atoms with Crippen LogP contribution in [0.3, 0.4) is 0 Å². The molecule has 3 amide bonds. The van der Waals surface area contributed by atoms with Crippen LogP contribution in [0.2, 0.25) is 0 Å². The van der Waals surface area contributed by atoms with Gasteiger partial charge in [0.05, 0.1) is 11.0 Å². The first kappa shape index (κ1) is 30.7. The maximum atomic E-state index is 13.8. The average molecular weight is 583 g/mol. The molecular weight excluding hydrogens is 548 g/mol. The summed E-state index contributed by atoms with van der Waals surface area (Å²) in [5.74, 6) is 0.0993. The Hall–Kier alpha value is -5.25. The Morgan fingerprint density at radius 2 is 1.56 bits per heavy atom. The molecular formula is C33H34N4O6. The molecule has 2 N–H and O–H groups in total. The van der Waals surface area contributed by atoms with E-state index in [1.165, 1.54) is 12.1 Å². The molecule has 4 aromatic rings. The minimum atomic E-state index is -0.462. The summed E-state index contributed by atoms with van der Waals surface area (Å²) < 4.78 is 5.92. The molecule has 0 aliphatic carbocycles. The standard InChI is InChI=1S/C30H27N3O5.C3H7NO/c1-3-29(34)32(22-9-5-4-6-10-22)26-19-20(2)31(25-12-8-7-11-24(25)26)30(35)28-18-17-27(38-28)21-13-15-23(16-14-21)33(36)37;1-2-3(4)5/h4-18,20,26H,3,19H2,1-2H3;2H2,1H3,(H2,4,5)/t20-,26+;/m0./s1. The van der Waals surface area contributed by atoms with Gasteiger partial charge >= 0.3 is 0 Å². The third kappa shape index (κ3) is 6.81. The lowest BCUT2D eigenvalue weighted by molar-refractivity contribution is -0.384. The molecule has 0 saturated carbocycles. The predicted molar refractivity (Wildman–Crippen MR) is 165 cm³/mol. The second kappa shape index (κ2) is 13.6. The zero-order chi connectivity index (χ0) is 31.1. The second-order valence-electron chi connectivity index (χ2n) is 10.1. The lowest BCUT2D eigenvalue weighted by atomic mass is 9.89. The zero-order valence-corrected chi connectivity index (χ0v) is 24.3. The van der Waals surface area contributed by atoms with E-state index in [1.807, 2.05) is 73.3 Å². The van der Waals surface area contributed by atoms with E-state index in [4.69, 9.17) is 4.42 Å². The van der Waals surface area contributed by atoms with Gasteiger partial charge in [0, 0.05) is 48.0 Å². The van der Waals surface area contributed by atoms with E-state index >= 15 is 0 Å². The maximum absolute atomic E-state index is 13.8. The van der Waals surface area contributed by atoms with Crippen molar-refractivity contribution >= 4 is 34.8 Å². The number of nitrogens with two attached hydrogens (primary N) is 1. The third-order valence-corrected chi connectivity index (χ3v) is 7.22. The number of fused-ring (bicyclic) bond motifs is 1. The van der Waals surface area contributed by atoms with Gasteiger partial charge in [-0.15, -0.1) is 0 Å². The summed E-state index contributed by atoms with van der Waals surface area (Å²) in [4.78, 5) is 50.6. The van der Waals surface area contributed by atoms with E-state index in [1.54, 1.807) is 36.1 Å². The molecule has 1 aliphatic heterocycles. The first-order valence-electron chi connectivity index (χ1n) is 14.1. The quantitative estimate of drug-likeness (QED) is 0.191. The molecule has 0 unspecified atom stereocenters. The highest BCUT2D eigenvalue weighted by Crippen LogP contribution is 2.43. The number of furan rings is 1. The fraction of sp³-hybridized carbons (Fsp3) is 0.242. The Balaban J connectivity index is 0.000000782. The van der Waals surface area contributed by atoms with Crippen LogP contribution in [0.4, 0.5) is 17.1 Å². The molecule has 0 bridgehead atoms. The van der Waals surface area contributed by atoms with Gasteiger partial charge in [0.2, 0.25) is 11.8 Å². The molecule has 1 aliphatic rings. The SMILES string of the molecule is CCC(=O)N(c1ccccc1)[C@@H]1C[C@H](C)N(C(=O)c2ccc(-c3ccc([N+](=O)[O-])cc3)o2)c2ccccc21.CCC(N)=O. The van der Waals surface area contributed by atoms with Gasteiger partial charge in [-0.2, -0.15) is 0 Å². The predicted octanol–water partition coefficient (Wildman–Crippen LogP) is 6.66. The van der Waals surface area contributed by atoms with E-state index in [0.717, 1.165) is 16.9 Å². The average Bonchev–Trinajstić information content (AvgIpc) is 3.52. The van der Waals surface area contributed by atoms with Gasteiger partial charge in [0.25, 0.3) is 11.6 Å². The van der Waals surface area contributed by atoms with Crippen molar-refractivity contribution in [2.24, 2.45) is 5.73 Å². The first-order valence-corrected chi connectivity index (χ1v) is 14.1. The van der Waals surface area contributed by atoms with Crippen LogP contribution in [0.5, 0.6) is 0 Å². The first-order chi connectivity index (χ1) is 20.7. The molecule has 0 saturated heterocycles. The highest BCUT2D eigenvalue weighted by Gasteiger charge is 2.39. The van der Waals surface area contributed by atoms with Gasteiger partial charge in [-0.1, -0.05) is 50.2 Å². The minimum absolute atomic E-state index is 0.0155. The van der Waals surface area contributed by atoms with Crippen molar-refractivity contribution in [3.8, 4) is 11.3 Å². The van der Waals surface area contributed by atoms with E-state index in [0.29, 0.717) is 30.6 Å². The molecule has 43 heavy (non-hydrogen) atoms. The van der Waals surface area contributed by atoms with Crippen molar-refractivity contribution in [3.63, 3.8) is 0 Å². The van der Waals surface area contributed by atoms with Gasteiger partial charge in [-0.3, -0.25) is 24.5 Å². The fourth-order valence-electron chi connectivity index (χ4n) is 5.07. The molecule has 222 valence electrons. The smallest absolute Gasteiger partial charge is 0.294 e. The van der Waals surface area contributed by atoms with Crippen LogP contribution in [0.15, 0.2) is 95.4 Å². The van der Waals surface area contributed by atoms with E-state index < -0.39 is 4.92 Å². The Morgan fingerprint density at radius 3 is 2.16 bits per heavy atom. The number of primary amides is 1. The Labute approximate surface area is 249 Å². The molecule has 0 spiro atoms. The topological polar surface area (TPSA) is 140 Å². The van der Waals surface area contributed by atoms with Crippen molar-refractivity contribution in [2.45, 2.75) is 52.1 Å². The molecule has 0 fully saturated rings. The summed E-state index contributed by atoms with van der Waals surface area (Å²) in [6.07, 6.45) is 1.36. The fourth-order valence-corrected chi connectivity index (χ4v) is 5.07. The number of para-hydroxylation sites is 2. The lowest BCUT2D eigenvalue weighted by Crippen LogP contribution is -2.47. The highest BCUT2D eigenvalue weighted by molar-refractivity contribution is 6.06. The minimum Gasteiger partial charge on any atom is -0.451 e. The monoisotopic (exact) mass is 582 g/mol. The Morgan fingerprint density at radius 1 is 0.930 bits per heavy atom. The van der Waals surface area contributed by atoms with Crippen molar-refractivity contribution in [1.29, 1.82) is 0 Å². The number of hydrogen-bond donors (Lipinski definition) is 1. The van der Waals surface area contributed by atoms with Gasteiger partial charge in [-0.25, -0.2) is 0 Å². The number of hydrogen-bond acceptors (Lipinski definition) is 6. The van der Waals surface area contributed by atoms with Gasteiger partial charge < -0.3 is 20.0 Å². The molecule has 2 atom stereocenters. The van der Waals surface area contributed by atoms with E-state index in [9.17, 15) is 24.5 Å². The summed E-state index contributed by atoms with van der Waals surface area (Å²) in [5, 5.41) is 11.0. The number of anilines is 2. The molecule has 10 nitrogen and oxygen atoms in total. The van der Waals surface area contributed by atoms with Crippen LogP contribution in [0, 0.1) is 10.1 Å². The Kier molecular flexibility index (Phi) is 9.72. The summed E-state index contributed by atoms with van der Waals surface area (Å²) in [6.45, 7) is 5.55. The largest absolute Gasteiger partial charge is 0.451 e. The number of rotatable bonds is 7. The summed E-state index contributed by atoms with van der Waals surface area (Å²) in [7, 11) is 0. The molecule has 2 heterocycles. The number of carbonyl (C=O) groups is 3. The number of benzene rings is 3. The van der Waals surface area contributed by atoms with Crippen LogP contribution in [0.25, 0.3) is 11.3 Å². The van der Waals surface area contributed by atoms with Crippen LogP contribution >= 0.6 is 0 Å². The van der Waals surface area contributed by atoms with Crippen molar-refractivity contribution in [3.05, 3.63) is 112 Å². The molecule has 1 aromatic heterocycles. The van der Waals surface area contributed by atoms with Crippen molar-refractivity contribution in [2.75, 3.05) is 9.80 Å². The number of nitro benzene ring substituents is 1. The van der Waals surface area contributed by atoms with Crippen LogP contribution in [-0.4, -0.2) is 28.7 Å². The highest BCUT2D eigenvalue weighted by atomic mass is 16.6. The number of nitro groups is 1. The summed E-state index contributed by atoms with van der Waals surface area (Å²) in [6, 6.07) is 26.1. The van der Waals surface area contributed by atoms with E-state index in [2.05, 4.69) is 5.73 Å². The molecule has 3 aromatic carbocycles. The number of carbonyl (C=O) groups excluding carboxylic acids is 3. The lowest BCUT2D eigenvalue weighted by Gasteiger charge is -2.43. The maximum Gasteiger partial charge on any atom is 0.294 e. The van der Waals surface area contributed by atoms with Gasteiger partial charge in [0.15, 0.2) is 5.76 Å². The number of amides is 3. The second-order valence-corrected chi connectivity index (χ2v) is 10.1. The number of nitrogens with zero attached hydrogens (tertiary/aromatic N) is 3. The zero-order valence-electron chi connectivity index (χ0n) is 24.3. The Bertz CT molecular complexity index is 1600. The molecule has 10 heteroatoms. The van der Waals surface area contributed by atoms with E-state index in [-0.39, 0.29) is 41.3 Å². The molecule has 5 rings (SSSR count). The third-order valence-electron chi connectivity index (χ3n) is 7.22. The molecule has 0 radical (unpaired) electrons. The van der Waals surface area contributed by atoms with Crippen LogP contribution in [0.1, 0.15) is 62.2 Å². The normalized spacial score (nSPS) is 15.5. The summed E-state index contributed by atoms with van der Waals surface area (Å²) >= 11 is 0. The van der Waals surface area contributed by atoms with Crippen LogP contribution in [-0.2, 0) is 9.59 Å². The van der Waals surface area contributed by atoms with Gasteiger partial charge in [0.1, 0.15) is 5.76 Å². The number of non-ortho nitro benzene ring substituents is 1. The van der Waals surface area contributed by atoms with Gasteiger partial charge in [-0.05, 0) is 61.4 Å². The summed E-state index contributed by atoms with van der Waals surface area (Å²) in [5.41, 5.74) is 7.73. The van der Waals surface area contributed by atoms with Crippen molar-refractivity contribution in [1.82, 2.24) is 0 Å². The van der Waals surface area contributed by atoms with Crippen molar-refractivity contribution < 1.29 is 23.7 Å².